The van der Waals surface area contributed by atoms with E-state index < -0.39 is 0 Å². The number of methoxy groups -OCH3 is 2. The lowest BCUT2D eigenvalue weighted by atomic mass is 9.86. The van der Waals surface area contributed by atoms with E-state index >= 15 is 0 Å². The number of carbonyl (C=O) groups is 1. The molecule has 1 heterocycles. The third-order valence-corrected chi connectivity index (χ3v) is 6.79. The summed E-state index contributed by atoms with van der Waals surface area (Å²) in [7, 11) is 3.10. The summed E-state index contributed by atoms with van der Waals surface area (Å²) in [5.41, 5.74) is 4.34. The van der Waals surface area contributed by atoms with Gasteiger partial charge in [-0.15, -0.1) is 0 Å². The summed E-state index contributed by atoms with van der Waals surface area (Å²) in [5, 5.41) is 7.83. The highest BCUT2D eigenvalue weighted by molar-refractivity contribution is 7.08. The Hall–Kier alpha value is -2.70. The van der Waals surface area contributed by atoms with E-state index in [4.69, 9.17) is 9.47 Å². The molecule has 1 fully saturated rings. The molecule has 3 atom stereocenters. The van der Waals surface area contributed by atoms with Crippen molar-refractivity contribution in [3.63, 3.8) is 0 Å². The van der Waals surface area contributed by atoms with Crippen LogP contribution in [0.1, 0.15) is 29.9 Å². The van der Waals surface area contributed by atoms with E-state index in [1.165, 1.54) is 24.8 Å². The van der Waals surface area contributed by atoms with Crippen LogP contribution in [-0.2, 0) is 16.1 Å². The summed E-state index contributed by atoms with van der Waals surface area (Å²) in [4.78, 5) is 12.4. The predicted octanol–water partition coefficient (Wildman–Crippen LogP) is 5.39. The molecule has 0 radical (unpaired) electrons. The zero-order chi connectivity index (χ0) is 21.8. The molecule has 0 saturated heterocycles. The second kappa shape index (κ2) is 9.62. The van der Waals surface area contributed by atoms with E-state index in [1.807, 2.05) is 6.07 Å². The topological polar surface area (TPSA) is 47.6 Å². The summed E-state index contributed by atoms with van der Waals surface area (Å²) in [6.07, 6.45) is 1.58. The first-order valence-electron chi connectivity index (χ1n) is 10.4. The van der Waals surface area contributed by atoms with E-state index in [9.17, 15) is 9.18 Å². The van der Waals surface area contributed by atoms with Crippen molar-refractivity contribution in [2.45, 2.75) is 31.3 Å². The molecule has 0 spiro atoms. The molecule has 3 unspecified atom stereocenters. The van der Waals surface area contributed by atoms with Crippen molar-refractivity contribution < 1.29 is 18.7 Å². The molecule has 2 aromatic carbocycles. The second-order valence-corrected chi connectivity index (χ2v) is 8.59. The lowest BCUT2D eigenvalue weighted by molar-refractivity contribution is -0.145. The van der Waals surface area contributed by atoms with Gasteiger partial charge in [-0.25, -0.2) is 4.39 Å². The minimum atomic E-state index is -0.282. The first kappa shape index (κ1) is 21.5. The summed E-state index contributed by atoms with van der Waals surface area (Å²) >= 11 is 1.67. The van der Waals surface area contributed by atoms with Crippen LogP contribution in [0.5, 0.6) is 5.75 Å². The summed E-state index contributed by atoms with van der Waals surface area (Å²) in [6, 6.07) is 14.8. The number of benzene rings is 2. The van der Waals surface area contributed by atoms with Gasteiger partial charge in [-0.05, 0) is 70.6 Å². The second-order valence-electron chi connectivity index (χ2n) is 7.81. The van der Waals surface area contributed by atoms with Crippen LogP contribution in [0.25, 0.3) is 11.1 Å². The summed E-state index contributed by atoms with van der Waals surface area (Å²) < 4.78 is 24.1. The van der Waals surface area contributed by atoms with E-state index in [-0.39, 0.29) is 29.7 Å². The normalized spacial score (nSPS) is 20.5. The Kier molecular flexibility index (Phi) is 6.68. The quantitative estimate of drug-likeness (QED) is 0.502. The van der Waals surface area contributed by atoms with Gasteiger partial charge in [0.25, 0.3) is 0 Å². The molecular weight excluding hydrogens is 413 g/mol. The zero-order valence-electron chi connectivity index (χ0n) is 17.6. The van der Waals surface area contributed by atoms with Gasteiger partial charge in [0, 0.05) is 24.1 Å². The first-order chi connectivity index (χ1) is 15.1. The van der Waals surface area contributed by atoms with E-state index in [0.717, 1.165) is 35.3 Å². The fraction of sp³-hybridized carbons (Fsp3) is 0.320. The third kappa shape index (κ3) is 4.65. The number of carbonyl (C=O) groups excluding carboxylic acids is 1. The van der Waals surface area contributed by atoms with E-state index in [0.29, 0.717) is 6.54 Å². The van der Waals surface area contributed by atoms with E-state index in [2.05, 4.69) is 34.3 Å². The van der Waals surface area contributed by atoms with Crippen molar-refractivity contribution in [2.75, 3.05) is 14.2 Å². The Morgan fingerprint density at radius 3 is 2.58 bits per heavy atom. The Labute approximate surface area is 186 Å². The third-order valence-electron chi connectivity index (χ3n) is 6.10. The molecule has 162 valence electrons. The van der Waals surface area contributed by atoms with Crippen LogP contribution in [0, 0.1) is 11.7 Å². The van der Waals surface area contributed by atoms with Gasteiger partial charge in [0.15, 0.2) is 0 Å². The van der Waals surface area contributed by atoms with Crippen molar-refractivity contribution in [3.05, 3.63) is 76.2 Å². The smallest absolute Gasteiger partial charge is 0.309 e. The van der Waals surface area contributed by atoms with E-state index in [1.54, 1.807) is 30.6 Å². The maximum absolute atomic E-state index is 13.5. The van der Waals surface area contributed by atoms with Crippen LogP contribution in [0.15, 0.2) is 59.3 Å². The number of thiophene rings is 1. The van der Waals surface area contributed by atoms with Crippen LogP contribution in [0.4, 0.5) is 4.39 Å². The predicted molar refractivity (Wildman–Crippen MR) is 121 cm³/mol. The molecule has 1 aromatic heterocycles. The van der Waals surface area contributed by atoms with Crippen LogP contribution >= 0.6 is 11.3 Å². The summed E-state index contributed by atoms with van der Waals surface area (Å²) in [5.74, 6) is 0.0185. The number of nitrogens with one attached hydrogen (secondary N) is 1. The van der Waals surface area contributed by atoms with Gasteiger partial charge < -0.3 is 14.8 Å². The first-order valence-corrected chi connectivity index (χ1v) is 11.3. The van der Waals surface area contributed by atoms with Crippen molar-refractivity contribution in [3.8, 4) is 16.9 Å². The average Bonchev–Trinajstić information content (AvgIpc) is 3.48. The van der Waals surface area contributed by atoms with Crippen molar-refractivity contribution in [1.29, 1.82) is 0 Å². The van der Waals surface area contributed by atoms with Gasteiger partial charge >= 0.3 is 5.97 Å². The largest absolute Gasteiger partial charge is 0.496 e. The highest BCUT2D eigenvalue weighted by Crippen LogP contribution is 2.41. The van der Waals surface area contributed by atoms with Crippen LogP contribution in [-0.4, -0.2) is 26.2 Å². The highest BCUT2D eigenvalue weighted by atomic mass is 32.1. The molecule has 0 amide bonds. The standard InChI is InChI=1S/C25H26FNO3S/c1-29-23-10-5-17(18-11-12-31-15-18)13-19(23)14-27-22-9-8-21(25(28)30-2)24(22)16-3-6-20(26)7-4-16/h3-7,10-13,15,21-22,24,27H,8-9,14H2,1-2H3. The van der Waals surface area contributed by atoms with Crippen LogP contribution < -0.4 is 10.1 Å². The Balaban J connectivity index is 1.57. The van der Waals surface area contributed by atoms with Crippen molar-refractivity contribution >= 4 is 17.3 Å². The zero-order valence-corrected chi connectivity index (χ0v) is 18.5. The van der Waals surface area contributed by atoms with Gasteiger partial charge in [0.1, 0.15) is 11.6 Å². The van der Waals surface area contributed by atoms with Crippen molar-refractivity contribution in [2.24, 2.45) is 5.92 Å². The molecular formula is C25H26FNO3S. The number of hydrogen-bond acceptors (Lipinski definition) is 5. The minimum Gasteiger partial charge on any atom is -0.496 e. The fourth-order valence-electron chi connectivity index (χ4n) is 4.56. The molecule has 6 heteroatoms. The average molecular weight is 440 g/mol. The maximum Gasteiger partial charge on any atom is 0.309 e. The number of rotatable bonds is 7. The molecule has 1 aliphatic carbocycles. The molecule has 1 N–H and O–H groups in total. The molecule has 4 nitrogen and oxygen atoms in total. The number of halogens is 1. The summed E-state index contributed by atoms with van der Waals surface area (Å²) in [6.45, 7) is 0.609. The Bertz CT molecular complexity index is 1020. The maximum atomic E-state index is 13.5. The van der Waals surface area contributed by atoms with Gasteiger partial charge in [0.2, 0.25) is 0 Å². The minimum absolute atomic E-state index is 0.0703. The van der Waals surface area contributed by atoms with Crippen LogP contribution in [0.3, 0.4) is 0 Å². The lowest BCUT2D eigenvalue weighted by Crippen LogP contribution is -2.34. The number of ether oxygens (including phenoxy) is 2. The Morgan fingerprint density at radius 2 is 1.90 bits per heavy atom. The number of esters is 1. The molecule has 0 aliphatic heterocycles. The fourth-order valence-corrected chi connectivity index (χ4v) is 5.22. The van der Waals surface area contributed by atoms with Gasteiger partial charge in [-0.1, -0.05) is 18.2 Å². The monoisotopic (exact) mass is 439 g/mol. The molecule has 3 aromatic rings. The van der Waals surface area contributed by atoms with Crippen molar-refractivity contribution in [1.82, 2.24) is 5.32 Å². The number of hydrogen-bond donors (Lipinski definition) is 1. The SMILES string of the molecule is COC(=O)C1CCC(NCc2cc(-c3ccsc3)ccc2OC)C1c1ccc(F)cc1. The lowest BCUT2D eigenvalue weighted by Gasteiger charge is -2.25. The highest BCUT2D eigenvalue weighted by Gasteiger charge is 2.41. The molecule has 0 bridgehead atoms. The van der Waals surface area contributed by atoms with Crippen LogP contribution in [0.2, 0.25) is 0 Å². The van der Waals surface area contributed by atoms with Gasteiger partial charge in [-0.3, -0.25) is 4.79 Å². The van der Waals surface area contributed by atoms with Gasteiger partial charge in [-0.2, -0.15) is 11.3 Å². The molecule has 31 heavy (non-hydrogen) atoms. The molecule has 4 rings (SSSR count). The van der Waals surface area contributed by atoms with Gasteiger partial charge in [0.05, 0.1) is 20.1 Å². The molecule has 1 saturated carbocycles. The Morgan fingerprint density at radius 1 is 1.10 bits per heavy atom. The molecule has 1 aliphatic rings.